The van der Waals surface area contributed by atoms with Crippen molar-refractivity contribution in [2.75, 3.05) is 6.61 Å². The van der Waals surface area contributed by atoms with Crippen molar-refractivity contribution < 1.29 is 9.84 Å². The zero-order chi connectivity index (χ0) is 21.8. The number of aliphatic hydroxyl groups is 1. The van der Waals surface area contributed by atoms with Crippen molar-refractivity contribution in [2.45, 2.75) is 90.9 Å². The molecule has 0 amide bonds. The zero-order valence-corrected chi connectivity index (χ0v) is 19.9. The molecule has 2 unspecified atom stereocenters. The summed E-state index contributed by atoms with van der Waals surface area (Å²) < 4.78 is 5.95. The molecule has 160 valence electrons. The molecule has 29 heavy (non-hydrogen) atoms. The summed E-state index contributed by atoms with van der Waals surface area (Å²) >= 11 is 1.91. The molecule has 0 spiro atoms. The maximum absolute atomic E-state index is 10.3. The summed E-state index contributed by atoms with van der Waals surface area (Å²) in [6, 6.07) is 8.86. The lowest BCUT2D eigenvalue weighted by molar-refractivity contribution is 0.0216. The second kappa shape index (κ2) is 9.58. The predicted octanol–water partition coefficient (Wildman–Crippen LogP) is 6.53. The molecular formula is C25H37NO2S. The largest absolute Gasteiger partial charge is 0.491 e. The minimum Gasteiger partial charge on any atom is -0.491 e. The van der Waals surface area contributed by atoms with Gasteiger partial charge in [-0.05, 0) is 60.6 Å². The van der Waals surface area contributed by atoms with Crippen LogP contribution in [0.25, 0.3) is 0 Å². The number of nitrogens with zero attached hydrogens (tertiary/aromatic N) is 1. The number of hydrogen-bond donors (Lipinski definition) is 1. The predicted molar refractivity (Wildman–Crippen MR) is 123 cm³/mol. The normalized spacial score (nSPS) is 18.7. The summed E-state index contributed by atoms with van der Waals surface area (Å²) in [5, 5.41) is 19.9. The van der Waals surface area contributed by atoms with Crippen LogP contribution in [0, 0.1) is 23.7 Å². The fourth-order valence-electron chi connectivity index (χ4n) is 4.12. The Hall–Kier alpha value is -1.44. The van der Waals surface area contributed by atoms with Crippen LogP contribution in [0.5, 0.6) is 5.75 Å². The molecule has 0 saturated carbocycles. The highest BCUT2D eigenvalue weighted by Crippen LogP contribution is 2.51. The number of aliphatic hydroxyl groups excluding tert-OH is 1. The minimum atomic E-state index is -0.505. The van der Waals surface area contributed by atoms with E-state index >= 15 is 0 Å². The zero-order valence-electron chi connectivity index (χ0n) is 19.1. The van der Waals surface area contributed by atoms with Crippen LogP contribution in [-0.4, -0.2) is 23.1 Å². The summed E-state index contributed by atoms with van der Waals surface area (Å²) in [4.78, 5) is 1.26. The van der Waals surface area contributed by atoms with E-state index in [4.69, 9.17) is 10.00 Å². The van der Waals surface area contributed by atoms with Crippen molar-refractivity contribution >= 4 is 11.8 Å². The third kappa shape index (κ3) is 5.19. The first kappa shape index (κ1) is 23.8. The van der Waals surface area contributed by atoms with Gasteiger partial charge in [0.2, 0.25) is 0 Å². The van der Waals surface area contributed by atoms with Gasteiger partial charge in [-0.25, -0.2) is 0 Å². The number of rotatable bonds is 8. The lowest BCUT2D eigenvalue weighted by atomic mass is 9.71. The third-order valence-electron chi connectivity index (χ3n) is 6.52. The molecule has 0 radical (unpaired) electrons. The average molecular weight is 416 g/mol. The van der Waals surface area contributed by atoms with Gasteiger partial charge in [0.05, 0.1) is 18.6 Å². The second-order valence-corrected chi connectivity index (χ2v) is 10.7. The Morgan fingerprint density at radius 3 is 2.41 bits per heavy atom. The number of thioether (sulfide) groups is 1. The molecule has 0 saturated heterocycles. The van der Waals surface area contributed by atoms with Gasteiger partial charge in [-0.3, -0.25) is 0 Å². The Balaban J connectivity index is 2.24. The van der Waals surface area contributed by atoms with Crippen molar-refractivity contribution in [3.8, 4) is 11.8 Å². The van der Waals surface area contributed by atoms with Crippen LogP contribution in [0.3, 0.4) is 0 Å². The van der Waals surface area contributed by atoms with E-state index < -0.39 is 6.10 Å². The van der Waals surface area contributed by atoms with E-state index in [9.17, 15) is 5.11 Å². The number of aryl methyl sites for hydroxylation is 1. The standard InChI is InChI=1S/C25H37NO2S/c1-8-25(9-2,23-15-18(4)21(29-23)12-13-26)19-10-11-20(17(3)14-19)28-16-22(27)24(5,6)7/h10-11,14,22-23,27H,8-9,12,15-16H2,1-7H3. The molecule has 1 heterocycles. The van der Waals surface area contributed by atoms with Crippen LogP contribution in [0.15, 0.2) is 28.7 Å². The highest BCUT2D eigenvalue weighted by Gasteiger charge is 2.41. The van der Waals surface area contributed by atoms with Gasteiger partial charge in [-0.1, -0.05) is 52.3 Å². The maximum atomic E-state index is 10.3. The van der Waals surface area contributed by atoms with E-state index in [0.717, 1.165) is 30.6 Å². The Morgan fingerprint density at radius 2 is 1.90 bits per heavy atom. The van der Waals surface area contributed by atoms with Gasteiger partial charge in [0.15, 0.2) is 0 Å². The highest BCUT2D eigenvalue weighted by atomic mass is 32.2. The Bertz CT molecular complexity index is 781. The van der Waals surface area contributed by atoms with Crippen LogP contribution in [0.1, 0.15) is 78.4 Å². The lowest BCUT2D eigenvalue weighted by Gasteiger charge is -2.38. The average Bonchev–Trinajstić information content (AvgIpc) is 3.02. The first-order valence-corrected chi connectivity index (χ1v) is 11.6. The number of nitriles is 1. The van der Waals surface area contributed by atoms with Crippen molar-refractivity contribution in [3.63, 3.8) is 0 Å². The van der Waals surface area contributed by atoms with Crippen molar-refractivity contribution in [3.05, 3.63) is 39.8 Å². The summed E-state index contributed by atoms with van der Waals surface area (Å²) in [5.41, 5.74) is 3.73. The van der Waals surface area contributed by atoms with E-state index in [1.807, 2.05) is 32.5 Å². The van der Waals surface area contributed by atoms with Gasteiger partial charge in [0.25, 0.3) is 0 Å². The SMILES string of the molecule is CCC(CC)(c1ccc(OCC(O)C(C)(C)C)c(C)c1)C1CC(C)=C(CC#N)S1. The molecule has 1 N–H and O–H groups in total. The number of hydrogen-bond acceptors (Lipinski definition) is 4. The fraction of sp³-hybridized carbons (Fsp3) is 0.640. The van der Waals surface area contributed by atoms with E-state index in [2.05, 4.69) is 52.0 Å². The maximum Gasteiger partial charge on any atom is 0.122 e. The molecule has 1 aromatic rings. The number of ether oxygens (including phenoxy) is 1. The number of allylic oxidation sites excluding steroid dienone is 2. The molecular weight excluding hydrogens is 378 g/mol. The molecule has 1 aliphatic rings. The fourth-order valence-corrected chi connectivity index (χ4v) is 5.92. The Morgan fingerprint density at radius 1 is 1.24 bits per heavy atom. The van der Waals surface area contributed by atoms with Crippen LogP contribution in [0.2, 0.25) is 0 Å². The molecule has 2 rings (SSSR count). The minimum absolute atomic E-state index is 0.0807. The summed E-state index contributed by atoms with van der Waals surface area (Å²) in [5.74, 6) is 0.844. The molecule has 3 nitrogen and oxygen atoms in total. The monoisotopic (exact) mass is 415 g/mol. The molecule has 0 fully saturated rings. The highest BCUT2D eigenvalue weighted by molar-refractivity contribution is 8.04. The first-order chi connectivity index (χ1) is 13.6. The first-order valence-electron chi connectivity index (χ1n) is 10.7. The quantitative estimate of drug-likeness (QED) is 0.524. The van der Waals surface area contributed by atoms with Gasteiger partial charge < -0.3 is 9.84 Å². The Labute approximate surface area is 181 Å². The van der Waals surface area contributed by atoms with Crippen LogP contribution in [-0.2, 0) is 5.41 Å². The van der Waals surface area contributed by atoms with Gasteiger partial charge in [0, 0.05) is 10.7 Å². The molecule has 0 bridgehead atoms. The van der Waals surface area contributed by atoms with E-state index in [1.165, 1.54) is 16.0 Å². The molecule has 4 heteroatoms. The van der Waals surface area contributed by atoms with Crippen LogP contribution >= 0.6 is 11.8 Å². The van der Waals surface area contributed by atoms with Gasteiger partial charge in [0.1, 0.15) is 12.4 Å². The second-order valence-electron chi connectivity index (χ2n) is 9.39. The molecule has 1 aliphatic heterocycles. The van der Waals surface area contributed by atoms with E-state index in [0.29, 0.717) is 18.3 Å². The molecule has 0 aromatic heterocycles. The summed E-state index contributed by atoms with van der Waals surface area (Å²) in [6.45, 7) is 15.2. The van der Waals surface area contributed by atoms with Gasteiger partial charge >= 0.3 is 0 Å². The molecule has 1 aromatic carbocycles. The molecule has 2 atom stereocenters. The van der Waals surface area contributed by atoms with Crippen molar-refractivity contribution in [1.82, 2.24) is 0 Å². The van der Waals surface area contributed by atoms with Crippen LogP contribution in [0.4, 0.5) is 0 Å². The summed E-state index contributed by atoms with van der Waals surface area (Å²) in [7, 11) is 0. The topological polar surface area (TPSA) is 53.2 Å². The van der Waals surface area contributed by atoms with Crippen molar-refractivity contribution in [1.29, 1.82) is 5.26 Å². The number of benzene rings is 1. The van der Waals surface area contributed by atoms with Gasteiger partial charge in [-0.15, -0.1) is 11.8 Å². The van der Waals surface area contributed by atoms with Crippen molar-refractivity contribution in [2.24, 2.45) is 5.41 Å². The molecule has 0 aliphatic carbocycles. The lowest BCUT2D eigenvalue weighted by Crippen LogP contribution is -2.35. The van der Waals surface area contributed by atoms with Crippen LogP contribution < -0.4 is 4.74 Å². The van der Waals surface area contributed by atoms with Gasteiger partial charge in [-0.2, -0.15) is 5.26 Å². The smallest absolute Gasteiger partial charge is 0.122 e. The van der Waals surface area contributed by atoms with E-state index in [1.54, 1.807) is 0 Å². The summed E-state index contributed by atoms with van der Waals surface area (Å²) in [6.07, 6.45) is 3.21. The Kier molecular flexibility index (Phi) is 7.87. The van der Waals surface area contributed by atoms with E-state index in [-0.39, 0.29) is 10.8 Å². The third-order valence-corrected chi connectivity index (χ3v) is 8.20.